The first-order valence-corrected chi connectivity index (χ1v) is 5.27. The van der Waals surface area contributed by atoms with Gasteiger partial charge in [-0.05, 0) is 13.8 Å². The molecular formula is C10H16F6N2. The van der Waals surface area contributed by atoms with Gasteiger partial charge in [0.25, 0.3) is 0 Å². The Morgan fingerprint density at radius 1 is 0.833 bits per heavy atom. The molecule has 0 heterocycles. The molecule has 0 fully saturated rings. The molecule has 0 saturated carbocycles. The SMILES string of the molecule is CCN(CC)C(=C(C(F)(F)F)C(F)(F)F)N(C)C. The quantitative estimate of drug-likeness (QED) is 0.728. The molecule has 0 rings (SSSR count). The van der Waals surface area contributed by atoms with Gasteiger partial charge in [-0.25, -0.2) is 0 Å². The van der Waals surface area contributed by atoms with Gasteiger partial charge in [-0.3, -0.25) is 0 Å². The first-order chi connectivity index (χ1) is 7.96. The van der Waals surface area contributed by atoms with E-state index in [4.69, 9.17) is 0 Å². The molecule has 0 aromatic rings. The number of hydrogen-bond donors (Lipinski definition) is 0. The Morgan fingerprint density at radius 2 is 1.17 bits per heavy atom. The molecule has 0 atom stereocenters. The van der Waals surface area contributed by atoms with Crippen LogP contribution in [0.5, 0.6) is 0 Å². The Kier molecular flexibility index (Phi) is 5.36. The maximum Gasteiger partial charge on any atom is 0.424 e. The third-order valence-electron chi connectivity index (χ3n) is 2.28. The molecule has 0 saturated heterocycles. The summed E-state index contributed by atoms with van der Waals surface area (Å²) >= 11 is 0. The van der Waals surface area contributed by atoms with Crippen LogP contribution < -0.4 is 0 Å². The smallest absolute Gasteiger partial charge is 0.364 e. The van der Waals surface area contributed by atoms with Gasteiger partial charge >= 0.3 is 12.4 Å². The fourth-order valence-electron chi connectivity index (χ4n) is 1.60. The van der Waals surface area contributed by atoms with Gasteiger partial charge in [0.05, 0.1) is 0 Å². The number of rotatable bonds is 4. The Hall–Kier alpha value is -1.08. The molecular weight excluding hydrogens is 262 g/mol. The minimum absolute atomic E-state index is 0.0552. The Morgan fingerprint density at radius 3 is 1.33 bits per heavy atom. The monoisotopic (exact) mass is 278 g/mol. The lowest BCUT2D eigenvalue weighted by molar-refractivity contribution is -0.176. The first kappa shape index (κ1) is 16.9. The second-order valence-corrected chi connectivity index (χ2v) is 3.76. The van der Waals surface area contributed by atoms with Crippen LogP contribution in [0.15, 0.2) is 11.4 Å². The van der Waals surface area contributed by atoms with Crippen molar-refractivity contribution < 1.29 is 26.3 Å². The van der Waals surface area contributed by atoms with E-state index in [9.17, 15) is 26.3 Å². The van der Waals surface area contributed by atoms with E-state index >= 15 is 0 Å². The van der Waals surface area contributed by atoms with Crippen LogP contribution in [0.3, 0.4) is 0 Å². The van der Waals surface area contributed by atoms with E-state index in [2.05, 4.69) is 0 Å². The Labute approximate surface area is 102 Å². The lowest BCUT2D eigenvalue weighted by Crippen LogP contribution is -2.39. The predicted octanol–water partition coefficient (Wildman–Crippen LogP) is 3.23. The molecule has 2 nitrogen and oxygen atoms in total. The molecule has 0 N–H and O–H groups in total. The van der Waals surface area contributed by atoms with Crippen LogP contribution >= 0.6 is 0 Å². The first-order valence-electron chi connectivity index (χ1n) is 5.27. The van der Waals surface area contributed by atoms with Crippen LogP contribution in [0.1, 0.15) is 13.8 Å². The van der Waals surface area contributed by atoms with Crippen LogP contribution in [-0.2, 0) is 0 Å². The molecule has 0 aromatic heterocycles. The summed E-state index contributed by atoms with van der Waals surface area (Å²) in [6.45, 7) is 3.11. The minimum atomic E-state index is -5.44. The van der Waals surface area contributed by atoms with Gasteiger partial charge in [0.1, 0.15) is 5.82 Å². The van der Waals surface area contributed by atoms with Gasteiger partial charge in [0.2, 0.25) is 0 Å². The van der Waals surface area contributed by atoms with Crippen LogP contribution in [0.25, 0.3) is 0 Å². The third-order valence-corrected chi connectivity index (χ3v) is 2.28. The van der Waals surface area contributed by atoms with Crippen molar-refractivity contribution in [3.63, 3.8) is 0 Å². The van der Waals surface area contributed by atoms with Crippen molar-refractivity contribution in [1.29, 1.82) is 0 Å². The lowest BCUT2D eigenvalue weighted by atomic mass is 10.2. The zero-order chi connectivity index (χ0) is 14.7. The van der Waals surface area contributed by atoms with Crippen molar-refractivity contribution in [2.45, 2.75) is 26.2 Å². The number of halogens is 6. The summed E-state index contributed by atoms with van der Waals surface area (Å²) in [5, 5.41) is 0. The van der Waals surface area contributed by atoms with E-state index in [1.807, 2.05) is 0 Å². The maximum atomic E-state index is 12.6. The second kappa shape index (κ2) is 5.71. The predicted molar refractivity (Wildman–Crippen MR) is 55.7 cm³/mol. The van der Waals surface area contributed by atoms with Crippen molar-refractivity contribution in [3.05, 3.63) is 11.4 Å². The highest BCUT2D eigenvalue weighted by Gasteiger charge is 2.54. The van der Waals surface area contributed by atoms with Crippen LogP contribution in [0.4, 0.5) is 26.3 Å². The van der Waals surface area contributed by atoms with Crippen LogP contribution in [0, 0.1) is 0 Å². The fraction of sp³-hybridized carbons (Fsp3) is 0.800. The molecule has 0 aliphatic carbocycles. The summed E-state index contributed by atoms with van der Waals surface area (Å²) < 4.78 is 75.8. The molecule has 0 aliphatic rings. The van der Waals surface area contributed by atoms with E-state index in [0.29, 0.717) is 0 Å². The standard InChI is InChI=1S/C10H16F6N2/c1-5-18(6-2)8(17(3)4)7(9(11,12)13)10(14,15)16/h5-6H2,1-4H3. The van der Waals surface area contributed by atoms with Gasteiger partial charge < -0.3 is 9.80 Å². The minimum Gasteiger partial charge on any atom is -0.364 e. The highest BCUT2D eigenvalue weighted by atomic mass is 19.4. The van der Waals surface area contributed by atoms with Gasteiger partial charge in [0.15, 0.2) is 5.57 Å². The van der Waals surface area contributed by atoms with Crippen molar-refractivity contribution in [2.24, 2.45) is 0 Å². The molecule has 8 heteroatoms. The zero-order valence-corrected chi connectivity index (χ0v) is 10.6. The van der Waals surface area contributed by atoms with Crippen molar-refractivity contribution in [1.82, 2.24) is 9.80 Å². The average molecular weight is 278 g/mol. The van der Waals surface area contributed by atoms with Gasteiger partial charge in [-0.2, -0.15) is 26.3 Å². The molecule has 108 valence electrons. The number of nitrogens with zero attached hydrogens (tertiary/aromatic N) is 2. The van der Waals surface area contributed by atoms with E-state index in [0.717, 1.165) is 23.9 Å². The normalized spacial score (nSPS) is 12.3. The van der Waals surface area contributed by atoms with Crippen LogP contribution in [-0.4, -0.2) is 49.3 Å². The van der Waals surface area contributed by atoms with Crippen LogP contribution in [0.2, 0.25) is 0 Å². The summed E-state index contributed by atoms with van der Waals surface area (Å²) in [5.41, 5.74) is -2.47. The third kappa shape index (κ3) is 3.99. The summed E-state index contributed by atoms with van der Waals surface area (Å²) in [5.74, 6) is -0.861. The summed E-state index contributed by atoms with van der Waals surface area (Å²) in [4.78, 5) is 1.86. The summed E-state index contributed by atoms with van der Waals surface area (Å²) in [6.07, 6.45) is -10.9. The number of allylic oxidation sites excluding steroid dienone is 1. The Balaban J connectivity index is 6.05. The molecule has 0 amide bonds. The van der Waals surface area contributed by atoms with E-state index in [1.54, 1.807) is 0 Å². The van der Waals surface area contributed by atoms with E-state index in [1.165, 1.54) is 13.8 Å². The largest absolute Gasteiger partial charge is 0.424 e. The van der Waals surface area contributed by atoms with Crippen molar-refractivity contribution in [3.8, 4) is 0 Å². The molecule has 0 unspecified atom stereocenters. The van der Waals surface area contributed by atoms with E-state index < -0.39 is 23.7 Å². The molecule has 0 bridgehead atoms. The Bertz CT molecular complexity index is 282. The van der Waals surface area contributed by atoms with Gasteiger partial charge in [-0.1, -0.05) is 0 Å². The zero-order valence-electron chi connectivity index (χ0n) is 10.6. The molecule has 0 aliphatic heterocycles. The second-order valence-electron chi connectivity index (χ2n) is 3.76. The lowest BCUT2D eigenvalue weighted by Gasteiger charge is -2.33. The van der Waals surface area contributed by atoms with Gasteiger partial charge in [-0.15, -0.1) is 0 Å². The highest BCUT2D eigenvalue weighted by Crippen LogP contribution is 2.41. The van der Waals surface area contributed by atoms with E-state index in [-0.39, 0.29) is 13.1 Å². The molecule has 0 spiro atoms. The van der Waals surface area contributed by atoms with Gasteiger partial charge in [0, 0.05) is 27.2 Å². The topological polar surface area (TPSA) is 6.48 Å². The molecule has 18 heavy (non-hydrogen) atoms. The fourth-order valence-corrected chi connectivity index (χ4v) is 1.60. The van der Waals surface area contributed by atoms with Crippen molar-refractivity contribution >= 4 is 0 Å². The highest BCUT2D eigenvalue weighted by molar-refractivity contribution is 5.22. The number of alkyl halides is 6. The number of hydrogen-bond acceptors (Lipinski definition) is 2. The average Bonchev–Trinajstić information content (AvgIpc) is 2.13. The molecule has 0 aromatic carbocycles. The summed E-state index contributed by atoms with van der Waals surface area (Å²) in [6, 6.07) is 0. The van der Waals surface area contributed by atoms with Crippen molar-refractivity contribution in [2.75, 3.05) is 27.2 Å². The molecule has 0 radical (unpaired) electrons. The maximum absolute atomic E-state index is 12.6. The summed E-state index contributed by atoms with van der Waals surface area (Å²) in [7, 11) is 2.32.